The molecule has 0 saturated carbocycles. The summed E-state index contributed by atoms with van der Waals surface area (Å²) in [5.41, 5.74) is 0. The van der Waals surface area contributed by atoms with Gasteiger partial charge in [0.2, 0.25) is 5.91 Å². The molecule has 1 rings (SSSR count). The van der Waals surface area contributed by atoms with Crippen molar-refractivity contribution in [3.05, 3.63) is 20.8 Å². The molecular weight excluding hydrogens is 412 g/mol. The molecule has 3 N–H and O–H groups in total. The highest BCUT2D eigenvalue weighted by Gasteiger charge is 2.09. The first kappa shape index (κ1) is 19.3. The Hall–Kier alpha value is -0.710. The largest absolute Gasteiger partial charge is 0.481 e. The summed E-state index contributed by atoms with van der Waals surface area (Å²) >= 11 is 4.57. The van der Waals surface area contributed by atoms with Crippen molar-refractivity contribution in [1.82, 2.24) is 10.6 Å². The Morgan fingerprint density at radius 3 is 2.55 bits per heavy atom. The number of carboxylic acid groups (broad SMARTS) is 1. The molecule has 6 nitrogen and oxygen atoms in total. The molecule has 0 saturated heterocycles. The quantitative estimate of drug-likeness (QED) is 0.392. The molecule has 0 spiro atoms. The third-order valence-electron chi connectivity index (χ3n) is 2.20. The molecule has 1 aromatic rings. The smallest absolute Gasteiger partial charge is 0.304 e. The van der Waals surface area contributed by atoms with E-state index in [1.165, 1.54) is 32.9 Å². The van der Waals surface area contributed by atoms with E-state index in [2.05, 4.69) is 26.6 Å². The number of hydrogen-bond acceptors (Lipinski definition) is 6. The standard InChI is InChI=1S/C12H15BrN2O4S3/c13-9-2-1-8(22-9)12(19)15-7-10(16)14-4-6-21-20-5-3-11(17)18/h1-2H,3-7H2,(H,14,16)(H,15,19)(H,17,18). The molecule has 0 radical (unpaired) electrons. The van der Waals surface area contributed by atoms with Crippen LogP contribution in [0.15, 0.2) is 15.9 Å². The Morgan fingerprint density at radius 1 is 1.18 bits per heavy atom. The lowest BCUT2D eigenvalue weighted by Crippen LogP contribution is -2.37. The highest BCUT2D eigenvalue weighted by molar-refractivity contribution is 9.11. The number of carbonyl (C=O) groups excluding carboxylic acids is 2. The highest BCUT2D eigenvalue weighted by atomic mass is 79.9. The van der Waals surface area contributed by atoms with Crippen molar-refractivity contribution in [1.29, 1.82) is 0 Å². The maximum absolute atomic E-state index is 11.7. The second-order valence-electron chi connectivity index (χ2n) is 3.92. The number of rotatable bonds is 10. The van der Waals surface area contributed by atoms with Crippen molar-refractivity contribution in [2.24, 2.45) is 0 Å². The molecular formula is C12H15BrN2O4S3. The van der Waals surface area contributed by atoms with Crippen LogP contribution in [0.5, 0.6) is 0 Å². The van der Waals surface area contributed by atoms with E-state index in [9.17, 15) is 14.4 Å². The van der Waals surface area contributed by atoms with Crippen molar-refractivity contribution in [2.45, 2.75) is 6.42 Å². The molecule has 0 aliphatic heterocycles. The van der Waals surface area contributed by atoms with Crippen LogP contribution in [0.1, 0.15) is 16.1 Å². The first-order valence-corrected chi connectivity index (χ1v) is 10.3. The highest BCUT2D eigenvalue weighted by Crippen LogP contribution is 2.22. The average molecular weight is 427 g/mol. The van der Waals surface area contributed by atoms with E-state index < -0.39 is 5.97 Å². The number of nitrogens with one attached hydrogen (secondary N) is 2. The molecule has 0 bridgehead atoms. The summed E-state index contributed by atoms with van der Waals surface area (Å²) in [6.45, 7) is 0.412. The fourth-order valence-corrected chi connectivity index (χ4v) is 4.41. The molecule has 10 heteroatoms. The number of aliphatic carboxylic acids is 1. The lowest BCUT2D eigenvalue weighted by molar-refractivity contribution is -0.136. The van der Waals surface area contributed by atoms with E-state index in [4.69, 9.17) is 5.11 Å². The zero-order chi connectivity index (χ0) is 16.4. The van der Waals surface area contributed by atoms with E-state index in [-0.39, 0.29) is 24.8 Å². The summed E-state index contributed by atoms with van der Waals surface area (Å²) in [4.78, 5) is 34.1. The lowest BCUT2D eigenvalue weighted by atomic mass is 10.4. The number of carbonyl (C=O) groups is 3. The van der Waals surface area contributed by atoms with Gasteiger partial charge in [-0.15, -0.1) is 11.3 Å². The van der Waals surface area contributed by atoms with Crippen LogP contribution in [-0.4, -0.2) is 47.5 Å². The van der Waals surface area contributed by atoms with Crippen LogP contribution < -0.4 is 10.6 Å². The molecule has 22 heavy (non-hydrogen) atoms. The summed E-state index contributed by atoms with van der Waals surface area (Å²) in [6.07, 6.45) is 0.134. The number of halogens is 1. The average Bonchev–Trinajstić information content (AvgIpc) is 2.90. The van der Waals surface area contributed by atoms with E-state index >= 15 is 0 Å². The molecule has 0 aromatic carbocycles. The van der Waals surface area contributed by atoms with E-state index in [1.54, 1.807) is 12.1 Å². The second-order valence-corrected chi connectivity index (χ2v) is 9.09. The Bertz CT molecular complexity index is 524. The van der Waals surface area contributed by atoms with Gasteiger partial charge in [0.1, 0.15) is 0 Å². The topological polar surface area (TPSA) is 95.5 Å². The first-order valence-electron chi connectivity index (χ1n) is 6.25. The van der Waals surface area contributed by atoms with Gasteiger partial charge >= 0.3 is 5.97 Å². The molecule has 0 aliphatic carbocycles. The van der Waals surface area contributed by atoms with Crippen LogP contribution in [0.4, 0.5) is 0 Å². The molecule has 0 aliphatic rings. The fourth-order valence-electron chi connectivity index (χ4n) is 1.23. The molecule has 0 atom stereocenters. The molecule has 0 fully saturated rings. The monoisotopic (exact) mass is 426 g/mol. The normalized spacial score (nSPS) is 10.2. The maximum Gasteiger partial charge on any atom is 0.304 e. The number of thiophene rings is 1. The van der Waals surface area contributed by atoms with Gasteiger partial charge in [-0.3, -0.25) is 14.4 Å². The van der Waals surface area contributed by atoms with Crippen molar-refractivity contribution < 1.29 is 19.5 Å². The minimum Gasteiger partial charge on any atom is -0.481 e. The minimum absolute atomic E-state index is 0.0643. The van der Waals surface area contributed by atoms with Crippen LogP contribution in [0.3, 0.4) is 0 Å². The SMILES string of the molecule is O=C(O)CCSSCCNC(=O)CNC(=O)c1ccc(Br)s1. The molecule has 1 heterocycles. The first-order chi connectivity index (χ1) is 10.5. The fraction of sp³-hybridized carbons (Fsp3) is 0.417. The van der Waals surface area contributed by atoms with Crippen molar-refractivity contribution in [3.8, 4) is 0 Å². The van der Waals surface area contributed by atoms with Gasteiger partial charge in [0.05, 0.1) is 21.6 Å². The number of hydrogen-bond donors (Lipinski definition) is 3. The van der Waals surface area contributed by atoms with Crippen LogP contribution in [0, 0.1) is 0 Å². The predicted molar refractivity (Wildman–Crippen MR) is 94.5 cm³/mol. The van der Waals surface area contributed by atoms with Gasteiger partial charge in [-0.1, -0.05) is 21.6 Å². The van der Waals surface area contributed by atoms with Gasteiger partial charge in [0.15, 0.2) is 0 Å². The third-order valence-corrected chi connectivity index (χ3v) is 6.23. The number of amides is 2. The minimum atomic E-state index is -0.810. The van der Waals surface area contributed by atoms with E-state index in [0.717, 1.165) is 3.79 Å². The molecule has 122 valence electrons. The summed E-state index contributed by atoms with van der Waals surface area (Å²) in [5, 5.41) is 13.7. The van der Waals surface area contributed by atoms with Gasteiger partial charge in [-0.2, -0.15) is 0 Å². The van der Waals surface area contributed by atoms with E-state index in [1.807, 2.05) is 0 Å². The summed E-state index contributed by atoms with van der Waals surface area (Å²) in [6, 6.07) is 3.46. The Morgan fingerprint density at radius 2 is 1.91 bits per heavy atom. The zero-order valence-electron chi connectivity index (χ0n) is 11.5. The van der Waals surface area contributed by atoms with Crippen LogP contribution in [0.25, 0.3) is 0 Å². The summed E-state index contributed by atoms with van der Waals surface area (Å²) in [5.74, 6) is -0.109. The summed E-state index contributed by atoms with van der Waals surface area (Å²) in [7, 11) is 2.97. The predicted octanol–water partition coefficient (Wildman–Crippen LogP) is 2.21. The van der Waals surface area contributed by atoms with Gasteiger partial charge in [-0.05, 0) is 28.1 Å². The van der Waals surface area contributed by atoms with Crippen LogP contribution in [0.2, 0.25) is 0 Å². The summed E-state index contributed by atoms with van der Waals surface area (Å²) < 4.78 is 0.861. The molecule has 0 unspecified atom stereocenters. The van der Waals surface area contributed by atoms with Crippen molar-refractivity contribution in [2.75, 3.05) is 24.6 Å². The zero-order valence-corrected chi connectivity index (χ0v) is 15.5. The van der Waals surface area contributed by atoms with Crippen LogP contribution >= 0.6 is 48.9 Å². The van der Waals surface area contributed by atoms with Crippen LogP contribution in [-0.2, 0) is 9.59 Å². The third kappa shape index (κ3) is 8.66. The number of carboxylic acids is 1. The van der Waals surface area contributed by atoms with Gasteiger partial charge in [0, 0.05) is 18.1 Å². The van der Waals surface area contributed by atoms with Crippen molar-refractivity contribution >= 4 is 66.6 Å². The Kier molecular flexibility index (Phi) is 9.60. The van der Waals surface area contributed by atoms with Gasteiger partial charge in [-0.25, -0.2) is 0 Å². The molecule has 1 aromatic heterocycles. The molecule has 2 amide bonds. The van der Waals surface area contributed by atoms with Crippen molar-refractivity contribution in [3.63, 3.8) is 0 Å². The maximum atomic E-state index is 11.7. The van der Waals surface area contributed by atoms with Gasteiger partial charge in [0.25, 0.3) is 5.91 Å². The lowest BCUT2D eigenvalue weighted by Gasteiger charge is -2.05. The second kappa shape index (κ2) is 10.9. The Balaban J connectivity index is 2.04. The van der Waals surface area contributed by atoms with Gasteiger partial charge < -0.3 is 15.7 Å². The van der Waals surface area contributed by atoms with E-state index in [0.29, 0.717) is 22.9 Å². The Labute approximate surface area is 148 Å².